The topological polar surface area (TPSA) is 79.6 Å². The van der Waals surface area contributed by atoms with Gasteiger partial charge in [0.15, 0.2) is 5.96 Å². The molecule has 0 aliphatic carbocycles. The minimum absolute atomic E-state index is 0. The number of guanidine groups is 1. The average molecular weight is 488 g/mol. The Hall–Kier alpha value is -1.68. The number of nitro groups is 1. The lowest BCUT2D eigenvalue weighted by Gasteiger charge is -2.17. The van der Waals surface area contributed by atoms with Crippen LogP contribution in [0.3, 0.4) is 0 Å². The Labute approximate surface area is 175 Å². The molecule has 0 amide bonds. The molecule has 1 heterocycles. The summed E-state index contributed by atoms with van der Waals surface area (Å²) in [5.41, 5.74) is 0.903. The van der Waals surface area contributed by atoms with Crippen LogP contribution in [-0.2, 0) is 13.0 Å². The minimum Gasteiger partial charge on any atom is -0.357 e. The summed E-state index contributed by atoms with van der Waals surface area (Å²) in [7, 11) is 0. The van der Waals surface area contributed by atoms with Gasteiger partial charge in [-0.1, -0.05) is 12.1 Å². The summed E-state index contributed by atoms with van der Waals surface area (Å²) in [5.74, 6) is 0.717. The zero-order valence-electron chi connectivity index (χ0n) is 15.2. The van der Waals surface area contributed by atoms with E-state index in [-0.39, 0.29) is 40.6 Å². The van der Waals surface area contributed by atoms with E-state index in [1.165, 1.54) is 15.8 Å². The number of nitrogens with zero attached hydrogens (tertiary/aromatic N) is 2. The van der Waals surface area contributed by atoms with Gasteiger partial charge in [0.1, 0.15) is 0 Å². The van der Waals surface area contributed by atoms with E-state index < -0.39 is 0 Å². The van der Waals surface area contributed by atoms with Gasteiger partial charge in [-0.05, 0) is 38.5 Å². The number of aliphatic imine (C=N–C) groups is 1. The lowest BCUT2D eigenvalue weighted by atomic mass is 10.2. The number of hydrogen-bond acceptors (Lipinski definition) is 4. The van der Waals surface area contributed by atoms with Crippen molar-refractivity contribution >= 4 is 47.0 Å². The van der Waals surface area contributed by atoms with E-state index in [1.807, 2.05) is 13.0 Å². The van der Waals surface area contributed by atoms with E-state index >= 15 is 0 Å². The van der Waals surface area contributed by atoms with Crippen LogP contribution in [0.4, 0.5) is 5.69 Å². The monoisotopic (exact) mass is 488 g/mol. The Balaban J connectivity index is 0.00000338. The van der Waals surface area contributed by atoms with Gasteiger partial charge < -0.3 is 10.6 Å². The van der Waals surface area contributed by atoms with Crippen molar-refractivity contribution in [3.05, 3.63) is 61.8 Å². The van der Waals surface area contributed by atoms with Crippen LogP contribution in [0, 0.1) is 17.0 Å². The first-order valence-electron chi connectivity index (χ1n) is 8.31. The van der Waals surface area contributed by atoms with E-state index in [1.54, 1.807) is 23.5 Å². The number of rotatable bonds is 7. The number of nitrogens with one attached hydrogen (secondary N) is 2. The van der Waals surface area contributed by atoms with Gasteiger partial charge in [0.05, 0.1) is 11.5 Å². The van der Waals surface area contributed by atoms with E-state index in [9.17, 15) is 10.1 Å². The Morgan fingerprint density at radius 2 is 2.12 bits per heavy atom. The van der Waals surface area contributed by atoms with Crippen LogP contribution >= 0.6 is 35.3 Å². The summed E-state index contributed by atoms with van der Waals surface area (Å²) in [6, 6.07) is 11.1. The van der Waals surface area contributed by atoms with Crippen LogP contribution in [0.15, 0.2) is 41.4 Å². The number of thiophene rings is 1. The highest BCUT2D eigenvalue weighted by Gasteiger charge is 2.09. The molecule has 1 aromatic heterocycles. The second-order valence-electron chi connectivity index (χ2n) is 5.88. The number of aryl methyl sites for hydroxylation is 1. The summed E-state index contributed by atoms with van der Waals surface area (Å²) >= 11 is 1.81. The zero-order chi connectivity index (χ0) is 18.2. The molecule has 2 rings (SSSR count). The molecule has 26 heavy (non-hydrogen) atoms. The maximum absolute atomic E-state index is 10.9. The van der Waals surface area contributed by atoms with E-state index in [0.717, 1.165) is 24.5 Å². The predicted molar refractivity (Wildman–Crippen MR) is 119 cm³/mol. The Morgan fingerprint density at radius 1 is 1.35 bits per heavy atom. The number of halogens is 1. The van der Waals surface area contributed by atoms with Gasteiger partial charge in [-0.15, -0.1) is 35.3 Å². The maximum atomic E-state index is 10.9. The van der Waals surface area contributed by atoms with Crippen molar-refractivity contribution < 1.29 is 4.92 Å². The standard InChI is InChI=1S/C18H24N4O2S.HI/c1-4-19-18(21-13(2)10-17-9-8-14(3)25-17)20-12-15-6-5-7-16(11-15)22(23)24;/h5-9,11,13H,4,10,12H2,1-3H3,(H2,19,20,21);1H. The van der Waals surface area contributed by atoms with Crippen LogP contribution in [0.2, 0.25) is 0 Å². The number of benzene rings is 1. The highest BCUT2D eigenvalue weighted by atomic mass is 127. The van der Waals surface area contributed by atoms with Gasteiger partial charge >= 0.3 is 0 Å². The summed E-state index contributed by atoms with van der Waals surface area (Å²) in [5, 5.41) is 17.5. The fraction of sp³-hybridized carbons (Fsp3) is 0.389. The van der Waals surface area contributed by atoms with E-state index in [0.29, 0.717) is 6.54 Å². The predicted octanol–water partition coefficient (Wildman–Crippen LogP) is 4.27. The summed E-state index contributed by atoms with van der Waals surface area (Å²) in [6.45, 7) is 7.39. The van der Waals surface area contributed by atoms with Gasteiger partial charge in [0.25, 0.3) is 5.69 Å². The second-order valence-corrected chi connectivity index (χ2v) is 7.26. The van der Waals surface area contributed by atoms with Gasteiger partial charge in [-0.2, -0.15) is 0 Å². The maximum Gasteiger partial charge on any atom is 0.269 e. The van der Waals surface area contributed by atoms with E-state index in [4.69, 9.17) is 0 Å². The van der Waals surface area contributed by atoms with Crippen molar-refractivity contribution in [2.45, 2.75) is 39.8 Å². The lowest BCUT2D eigenvalue weighted by Crippen LogP contribution is -2.43. The first-order chi connectivity index (χ1) is 12.0. The van der Waals surface area contributed by atoms with Crippen LogP contribution < -0.4 is 10.6 Å². The lowest BCUT2D eigenvalue weighted by molar-refractivity contribution is -0.384. The molecule has 0 saturated heterocycles. The zero-order valence-corrected chi connectivity index (χ0v) is 18.3. The molecule has 0 bridgehead atoms. The molecule has 0 radical (unpaired) electrons. The van der Waals surface area contributed by atoms with Crippen molar-refractivity contribution in [3.8, 4) is 0 Å². The van der Waals surface area contributed by atoms with Crippen LogP contribution in [0.25, 0.3) is 0 Å². The number of nitro benzene ring substituents is 1. The van der Waals surface area contributed by atoms with Crippen molar-refractivity contribution in [2.75, 3.05) is 6.54 Å². The second kappa shape index (κ2) is 11.1. The van der Waals surface area contributed by atoms with E-state index in [2.05, 4.69) is 41.6 Å². The summed E-state index contributed by atoms with van der Waals surface area (Å²) in [4.78, 5) is 17.7. The fourth-order valence-electron chi connectivity index (χ4n) is 2.44. The van der Waals surface area contributed by atoms with Crippen molar-refractivity contribution in [2.24, 2.45) is 4.99 Å². The van der Waals surface area contributed by atoms with Crippen LogP contribution in [0.1, 0.15) is 29.2 Å². The van der Waals surface area contributed by atoms with Crippen molar-refractivity contribution in [3.63, 3.8) is 0 Å². The quantitative estimate of drug-likeness (QED) is 0.201. The SMILES string of the molecule is CCNC(=NCc1cccc([N+](=O)[O-])c1)NC(C)Cc1ccc(C)s1.I. The molecule has 0 fully saturated rings. The molecule has 2 aromatic rings. The molecule has 0 spiro atoms. The number of hydrogen-bond donors (Lipinski definition) is 2. The molecule has 1 aromatic carbocycles. The fourth-order valence-corrected chi connectivity index (χ4v) is 3.46. The summed E-state index contributed by atoms with van der Waals surface area (Å²) < 4.78 is 0. The van der Waals surface area contributed by atoms with Gasteiger partial charge in [0, 0.05) is 40.9 Å². The summed E-state index contributed by atoms with van der Waals surface area (Å²) in [6.07, 6.45) is 0.930. The first-order valence-corrected chi connectivity index (χ1v) is 9.13. The van der Waals surface area contributed by atoms with Crippen LogP contribution in [-0.4, -0.2) is 23.5 Å². The third-order valence-corrected chi connectivity index (χ3v) is 4.59. The normalized spacial score (nSPS) is 12.2. The molecule has 0 aliphatic rings. The molecule has 8 heteroatoms. The molecule has 2 N–H and O–H groups in total. The molecule has 142 valence electrons. The van der Waals surface area contributed by atoms with Crippen LogP contribution in [0.5, 0.6) is 0 Å². The molecule has 1 atom stereocenters. The van der Waals surface area contributed by atoms with Gasteiger partial charge in [-0.25, -0.2) is 4.99 Å². The minimum atomic E-state index is -0.387. The molecule has 0 saturated carbocycles. The Bertz CT molecular complexity index is 748. The third-order valence-electron chi connectivity index (χ3n) is 3.57. The molecular formula is C18H25IN4O2S. The Kier molecular flexibility index (Phi) is 9.57. The molecule has 1 unspecified atom stereocenters. The molecular weight excluding hydrogens is 463 g/mol. The van der Waals surface area contributed by atoms with Gasteiger partial charge in [-0.3, -0.25) is 10.1 Å². The van der Waals surface area contributed by atoms with Crippen molar-refractivity contribution in [1.82, 2.24) is 10.6 Å². The average Bonchev–Trinajstić information content (AvgIpc) is 2.98. The largest absolute Gasteiger partial charge is 0.357 e. The van der Waals surface area contributed by atoms with Gasteiger partial charge in [0.2, 0.25) is 0 Å². The number of non-ortho nitro benzene ring substituents is 1. The highest BCUT2D eigenvalue weighted by molar-refractivity contribution is 14.0. The smallest absolute Gasteiger partial charge is 0.269 e. The molecule has 0 aliphatic heterocycles. The first kappa shape index (κ1) is 22.4. The Morgan fingerprint density at radius 3 is 2.73 bits per heavy atom. The third kappa shape index (κ3) is 7.28. The highest BCUT2D eigenvalue weighted by Crippen LogP contribution is 2.17. The van der Waals surface area contributed by atoms with Crippen molar-refractivity contribution in [1.29, 1.82) is 0 Å². The molecule has 6 nitrogen and oxygen atoms in total.